The van der Waals surface area contributed by atoms with E-state index in [0.717, 1.165) is 15.6 Å². The normalized spacial score (nSPS) is 11.6. The number of nitrogens with one attached hydrogen (secondary N) is 2. The van der Waals surface area contributed by atoms with Crippen LogP contribution in [0.25, 0.3) is 0 Å². The highest BCUT2D eigenvalue weighted by molar-refractivity contribution is 9.10. The van der Waals surface area contributed by atoms with Crippen molar-refractivity contribution in [2.45, 2.75) is 19.4 Å². The van der Waals surface area contributed by atoms with E-state index in [1.165, 1.54) is 0 Å². The smallest absolute Gasteiger partial charge is 0.239 e. The van der Waals surface area contributed by atoms with Crippen molar-refractivity contribution < 1.29 is 9.59 Å². The summed E-state index contributed by atoms with van der Waals surface area (Å²) in [5, 5.41) is 5.51. The lowest BCUT2D eigenvalue weighted by Crippen LogP contribution is -2.38. The second-order valence-electron chi connectivity index (χ2n) is 5.24. The second-order valence-corrected chi connectivity index (χ2v) is 6.10. The Morgan fingerprint density at radius 1 is 1.00 bits per heavy atom. The van der Waals surface area contributed by atoms with Crippen LogP contribution in [0.2, 0.25) is 0 Å². The average molecular weight is 375 g/mol. The summed E-state index contributed by atoms with van der Waals surface area (Å²) in [5.74, 6) is -0.388. The van der Waals surface area contributed by atoms with Crippen molar-refractivity contribution in [2.24, 2.45) is 0 Å². The highest BCUT2D eigenvalue weighted by Crippen LogP contribution is 2.16. The molecule has 2 N–H and O–H groups in total. The molecule has 5 heteroatoms. The summed E-state index contributed by atoms with van der Waals surface area (Å²) in [7, 11) is 0. The molecule has 0 aliphatic carbocycles. The maximum atomic E-state index is 11.9. The Balaban J connectivity index is 1.78. The third-order valence-corrected chi connectivity index (χ3v) is 4.21. The van der Waals surface area contributed by atoms with Gasteiger partial charge in [0, 0.05) is 4.47 Å². The van der Waals surface area contributed by atoms with Gasteiger partial charge >= 0.3 is 0 Å². The van der Waals surface area contributed by atoms with E-state index in [1.54, 1.807) is 0 Å². The molecule has 4 nitrogen and oxygen atoms in total. The number of carbonyl (C=O) groups excluding carboxylic acids is 2. The zero-order valence-electron chi connectivity index (χ0n) is 12.9. The first-order valence-corrected chi connectivity index (χ1v) is 8.20. The average Bonchev–Trinajstić information content (AvgIpc) is 2.56. The fourth-order valence-corrected chi connectivity index (χ4v) is 2.60. The molecular weight excluding hydrogens is 356 g/mol. The number of benzene rings is 2. The van der Waals surface area contributed by atoms with Gasteiger partial charge in [-0.05, 0) is 24.1 Å². The molecule has 2 amide bonds. The van der Waals surface area contributed by atoms with Crippen molar-refractivity contribution in [3.8, 4) is 0 Å². The third kappa shape index (κ3) is 5.53. The highest BCUT2D eigenvalue weighted by atomic mass is 79.9. The molecule has 0 spiro atoms. The van der Waals surface area contributed by atoms with Gasteiger partial charge in [-0.3, -0.25) is 9.59 Å². The van der Waals surface area contributed by atoms with Gasteiger partial charge in [-0.25, -0.2) is 0 Å². The summed E-state index contributed by atoms with van der Waals surface area (Å²) >= 11 is 3.40. The van der Waals surface area contributed by atoms with E-state index in [9.17, 15) is 9.59 Å². The topological polar surface area (TPSA) is 58.2 Å². The van der Waals surface area contributed by atoms with Gasteiger partial charge in [0.15, 0.2) is 0 Å². The van der Waals surface area contributed by atoms with Crippen LogP contribution in [0.3, 0.4) is 0 Å². The molecule has 0 aromatic heterocycles. The van der Waals surface area contributed by atoms with Crippen LogP contribution in [0, 0.1) is 0 Å². The Morgan fingerprint density at radius 3 is 2.35 bits per heavy atom. The minimum atomic E-state index is -0.207. The van der Waals surface area contributed by atoms with E-state index >= 15 is 0 Å². The molecule has 23 heavy (non-hydrogen) atoms. The van der Waals surface area contributed by atoms with Crippen molar-refractivity contribution in [3.05, 3.63) is 70.2 Å². The van der Waals surface area contributed by atoms with Crippen molar-refractivity contribution >= 4 is 27.7 Å². The molecule has 0 saturated carbocycles. The summed E-state index contributed by atoms with van der Waals surface area (Å²) < 4.78 is 0.886. The number of halogens is 1. The van der Waals surface area contributed by atoms with Gasteiger partial charge in [0.05, 0.1) is 19.0 Å². The first-order chi connectivity index (χ1) is 11.1. The molecule has 0 saturated heterocycles. The Bertz CT molecular complexity index is 674. The van der Waals surface area contributed by atoms with E-state index in [4.69, 9.17) is 0 Å². The van der Waals surface area contributed by atoms with E-state index in [-0.39, 0.29) is 30.8 Å². The van der Waals surface area contributed by atoms with Gasteiger partial charge in [0.25, 0.3) is 0 Å². The SMILES string of the molecule is CC(NC(=O)CNC(=O)Cc1ccccc1Br)c1ccccc1. The molecule has 0 aliphatic heterocycles. The third-order valence-electron chi connectivity index (χ3n) is 3.43. The van der Waals surface area contributed by atoms with Crippen LogP contribution in [0.1, 0.15) is 24.1 Å². The summed E-state index contributed by atoms with van der Waals surface area (Å²) in [5.41, 5.74) is 1.92. The van der Waals surface area contributed by atoms with E-state index in [1.807, 2.05) is 61.5 Å². The number of hydrogen-bond acceptors (Lipinski definition) is 2. The molecule has 0 aliphatic rings. The Kier molecular flexibility index (Phi) is 6.35. The van der Waals surface area contributed by atoms with Crippen molar-refractivity contribution in [1.82, 2.24) is 10.6 Å². The molecule has 120 valence electrons. The molecule has 2 aromatic carbocycles. The minimum Gasteiger partial charge on any atom is -0.348 e. The predicted octanol–water partition coefficient (Wildman–Crippen LogP) is 2.99. The summed E-state index contributed by atoms with van der Waals surface area (Å²) in [6, 6.07) is 17.1. The molecule has 0 fully saturated rings. The lowest BCUT2D eigenvalue weighted by atomic mass is 10.1. The second kappa shape index (κ2) is 8.48. The molecular formula is C18H19BrN2O2. The van der Waals surface area contributed by atoms with Crippen molar-refractivity contribution in [3.63, 3.8) is 0 Å². The Labute approximate surface area is 144 Å². The van der Waals surface area contributed by atoms with Gasteiger partial charge in [-0.15, -0.1) is 0 Å². The first-order valence-electron chi connectivity index (χ1n) is 7.40. The summed E-state index contributed by atoms with van der Waals surface area (Å²) in [6.45, 7) is 1.89. The highest BCUT2D eigenvalue weighted by Gasteiger charge is 2.11. The molecule has 0 radical (unpaired) electrons. The van der Waals surface area contributed by atoms with Crippen LogP contribution in [0.15, 0.2) is 59.1 Å². The Morgan fingerprint density at radius 2 is 1.65 bits per heavy atom. The van der Waals surface area contributed by atoms with Crippen LogP contribution in [-0.2, 0) is 16.0 Å². The summed E-state index contributed by atoms with van der Waals surface area (Å²) in [6.07, 6.45) is 0.239. The monoisotopic (exact) mass is 374 g/mol. The van der Waals surface area contributed by atoms with Gasteiger partial charge < -0.3 is 10.6 Å². The molecule has 2 rings (SSSR count). The molecule has 1 atom stereocenters. The van der Waals surface area contributed by atoms with Crippen LogP contribution >= 0.6 is 15.9 Å². The van der Waals surface area contributed by atoms with Gasteiger partial charge in [0.1, 0.15) is 0 Å². The van der Waals surface area contributed by atoms with Gasteiger partial charge in [-0.2, -0.15) is 0 Å². The predicted molar refractivity (Wildman–Crippen MR) is 93.9 cm³/mol. The fraction of sp³-hybridized carbons (Fsp3) is 0.222. The maximum Gasteiger partial charge on any atom is 0.239 e. The van der Waals surface area contributed by atoms with Crippen LogP contribution in [-0.4, -0.2) is 18.4 Å². The molecule has 0 bridgehead atoms. The van der Waals surface area contributed by atoms with E-state index in [2.05, 4.69) is 26.6 Å². The Hall–Kier alpha value is -2.14. The first kappa shape index (κ1) is 17.2. The van der Waals surface area contributed by atoms with E-state index < -0.39 is 0 Å². The van der Waals surface area contributed by atoms with E-state index in [0.29, 0.717) is 0 Å². The number of carbonyl (C=O) groups is 2. The van der Waals surface area contributed by atoms with Crippen molar-refractivity contribution in [1.29, 1.82) is 0 Å². The maximum absolute atomic E-state index is 11.9. The number of rotatable bonds is 6. The lowest BCUT2D eigenvalue weighted by Gasteiger charge is -2.14. The zero-order chi connectivity index (χ0) is 16.7. The van der Waals surface area contributed by atoms with Crippen LogP contribution in [0.5, 0.6) is 0 Å². The van der Waals surface area contributed by atoms with Gasteiger partial charge in [0.2, 0.25) is 11.8 Å². The quantitative estimate of drug-likeness (QED) is 0.816. The summed E-state index contributed by atoms with van der Waals surface area (Å²) in [4.78, 5) is 23.8. The molecule has 2 aromatic rings. The fourth-order valence-electron chi connectivity index (χ4n) is 2.17. The number of hydrogen-bond donors (Lipinski definition) is 2. The molecule has 1 unspecified atom stereocenters. The number of amides is 2. The van der Waals surface area contributed by atoms with Crippen molar-refractivity contribution in [2.75, 3.05) is 6.54 Å². The zero-order valence-corrected chi connectivity index (χ0v) is 14.5. The lowest BCUT2D eigenvalue weighted by molar-refractivity contribution is -0.126. The minimum absolute atomic E-state index is 0.0273. The largest absolute Gasteiger partial charge is 0.348 e. The van der Waals surface area contributed by atoms with Crippen LogP contribution in [0.4, 0.5) is 0 Å². The molecule has 0 heterocycles. The van der Waals surface area contributed by atoms with Crippen LogP contribution < -0.4 is 10.6 Å². The van der Waals surface area contributed by atoms with Gasteiger partial charge in [-0.1, -0.05) is 64.5 Å². The standard InChI is InChI=1S/C18H19BrN2O2/c1-13(14-7-3-2-4-8-14)21-18(23)12-20-17(22)11-15-9-5-6-10-16(15)19/h2-10,13H,11-12H2,1H3,(H,20,22)(H,21,23).